The lowest BCUT2D eigenvalue weighted by Gasteiger charge is -2.17. The zero-order valence-electron chi connectivity index (χ0n) is 9.82. The van der Waals surface area contributed by atoms with Gasteiger partial charge in [0, 0.05) is 6.54 Å². The van der Waals surface area contributed by atoms with Crippen LogP contribution in [0.25, 0.3) is 0 Å². The van der Waals surface area contributed by atoms with Gasteiger partial charge in [-0.1, -0.05) is 5.59 Å². The largest absolute Gasteiger partial charge is 0.356 e. The molecular weight excluding hydrogens is 196 g/mol. The van der Waals surface area contributed by atoms with Gasteiger partial charge in [0.2, 0.25) is 0 Å². The van der Waals surface area contributed by atoms with Crippen molar-refractivity contribution in [2.75, 3.05) is 40.8 Å². The van der Waals surface area contributed by atoms with Crippen molar-refractivity contribution < 1.29 is 9.63 Å². The zero-order valence-corrected chi connectivity index (χ0v) is 9.82. The number of nitrogens with two attached hydrogens (primary N) is 1. The van der Waals surface area contributed by atoms with Gasteiger partial charge in [0.25, 0.3) is 0 Å². The molecule has 0 atom stereocenters. The van der Waals surface area contributed by atoms with Crippen molar-refractivity contribution in [3.63, 3.8) is 0 Å². The number of carbonyl (C=O) groups excluding carboxylic acids is 1. The monoisotopic (exact) mass is 218 g/mol. The van der Waals surface area contributed by atoms with Gasteiger partial charge in [0.1, 0.15) is 0 Å². The first-order valence-corrected chi connectivity index (χ1v) is 5.04. The van der Waals surface area contributed by atoms with Gasteiger partial charge in [-0.25, -0.2) is 5.84 Å². The van der Waals surface area contributed by atoms with Gasteiger partial charge >= 0.3 is 5.97 Å². The van der Waals surface area contributed by atoms with Crippen LogP contribution in [0.3, 0.4) is 0 Å². The molecule has 0 fully saturated rings. The summed E-state index contributed by atoms with van der Waals surface area (Å²) < 4.78 is 0. The highest BCUT2D eigenvalue weighted by molar-refractivity contribution is 5.69. The summed E-state index contributed by atoms with van der Waals surface area (Å²) in [4.78, 5) is 19.6. The topological polar surface area (TPSA) is 70.8 Å². The fraction of sp³-hybridized carbons (Fsp3) is 0.889. The fourth-order valence-electron chi connectivity index (χ4n) is 1.17. The van der Waals surface area contributed by atoms with Crippen LogP contribution in [0.2, 0.25) is 0 Å². The second-order valence-corrected chi connectivity index (χ2v) is 3.80. The summed E-state index contributed by atoms with van der Waals surface area (Å²) in [6, 6.07) is 0. The summed E-state index contributed by atoms with van der Waals surface area (Å²) in [6.07, 6.45) is 1.44. The number of hydrazine groups is 1. The average Bonchev–Trinajstić information content (AvgIpc) is 2.14. The summed E-state index contributed by atoms with van der Waals surface area (Å²) >= 11 is 0. The molecule has 0 amide bonds. The van der Waals surface area contributed by atoms with E-state index < -0.39 is 0 Å². The molecular formula is C9H22N4O2. The summed E-state index contributed by atoms with van der Waals surface area (Å²) in [5, 5.41) is 0. The van der Waals surface area contributed by atoms with Gasteiger partial charge in [-0.05, 0) is 40.7 Å². The van der Waals surface area contributed by atoms with Crippen LogP contribution in [0.15, 0.2) is 0 Å². The number of hydrogen-bond donors (Lipinski definition) is 2. The van der Waals surface area contributed by atoms with Crippen LogP contribution in [0.1, 0.15) is 12.8 Å². The molecule has 0 bridgehead atoms. The van der Waals surface area contributed by atoms with E-state index in [1.807, 2.05) is 26.7 Å². The van der Waals surface area contributed by atoms with Gasteiger partial charge in [-0.15, -0.1) is 0 Å². The molecule has 0 unspecified atom stereocenters. The van der Waals surface area contributed by atoms with Gasteiger partial charge in [-0.3, -0.25) is 4.79 Å². The lowest BCUT2D eigenvalue weighted by Crippen LogP contribution is -2.30. The number of hydrogen-bond acceptors (Lipinski definition) is 6. The molecule has 15 heavy (non-hydrogen) atoms. The van der Waals surface area contributed by atoms with Crippen LogP contribution in [0.4, 0.5) is 0 Å². The van der Waals surface area contributed by atoms with Crippen molar-refractivity contribution in [3.05, 3.63) is 0 Å². The maximum absolute atomic E-state index is 10.9. The van der Waals surface area contributed by atoms with E-state index in [2.05, 4.69) is 14.6 Å². The molecule has 0 aromatic rings. The molecule has 0 aliphatic carbocycles. The molecule has 0 rings (SSSR count). The summed E-state index contributed by atoms with van der Waals surface area (Å²) in [6.45, 7) is 2.72. The summed E-state index contributed by atoms with van der Waals surface area (Å²) in [5.41, 5.74) is 1.87. The quantitative estimate of drug-likeness (QED) is 0.410. The minimum Gasteiger partial charge on any atom is -0.356 e. The van der Waals surface area contributed by atoms with Crippen LogP contribution < -0.4 is 11.4 Å². The van der Waals surface area contributed by atoms with Crippen LogP contribution in [0.5, 0.6) is 0 Å². The molecule has 0 radical (unpaired) electrons. The fourth-order valence-corrected chi connectivity index (χ4v) is 1.17. The van der Waals surface area contributed by atoms with E-state index in [0.717, 1.165) is 19.5 Å². The van der Waals surface area contributed by atoms with Crippen LogP contribution in [-0.2, 0) is 9.63 Å². The standard InChI is InChI=1S/C9H22N4O2/c1-12(2)6-4-7-13(3)8-5-9(14)15-11-10/h11H,4-8,10H2,1-3H3. The predicted octanol–water partition coefficient (Wildman–Crippen LogP) is -0.818. The Balaban J connectivity index is 3.40. The molecule has 6 heteroatoms. The van der Waals surface area contributed by atoms with E-state index in [9.17, 15) is 4.79 Å². The number of carbonyl (C=O) groups is 1. The second-order valence-electron chi connectivity index (χ2n) is 3.80. The Labute approximate surface area is 91.3 Å². The molecule has 90 valence electrons. The van der Waals surface area contributed by atoms with Crippen molar-refractivity contribution in [2.45, 2.75) is 12.8 Å². The second kappa shape index (κ2) is 8.60. The Morgan fingerprint density at radius 1 is 1.27 bits per heavy atom. The lowest BCUT2D eigenvalue weighted by molar-refractivity contribution is -0.151. The molecule has 0 spiro atoms. The maximum Gasteiger partial charge on any atom is 0.327 e. The number of nitrogens with zero attached hydrogens (tertiary/aromatic N) is 2. The molecule has 0 heterocycles. The van der Waals surface area contributed by atoms with Crippen molar-refractivity contribution >= 4 is 5.97 Å². The van der Waals surface area contributed by atoms with Gasteiger partial charge in [0.15, 0.2) is 0 Å². The molecule has 0 aromatic heterocycles. The minimum absolute atomic E-state index is 0.336. The molecule has 6 nitrogen and oxygen atoms in total. The van der Waals surface area contributed by atoms with E-state index in [0.29, 0.717) is 13.0 Å². The van der Waals surface area contributed by atoms with Crippen LogP contribution >= 0.6 is 0 Å². The highest BCUT2D eigenvalue weighted by Crippen LogP contribution is 1.92. The third kappa shape index (κ3) is 9.61. The Morgan fingerprint density at radius 3 is 2.47 bits per heavy atom. The SMILES string of the molecule is CN(C)CCCN(C)CCC(=O)ONN. The highest BCUT2D eigenvalue weighted by atomic mass is 16.7. The molecule has 0 saturated carbocycles. The van der Waals surface area contributed by atoms with E-state index in [1.54, 1.807) is 0 Å². The number of rotatable bonds is 8. The highest BCUT2D eigenvalue weighted by Gasteiger charge is 2.05. The Kier molecular flexibility index (Phi) is 8.21. The van der Waals surface area contributed by atoms with Gasteiger partial charge in [-0.2, -0.15) is 0 Å². The smallest absolute Gasteiger partial charge is 0.327 e. The van der Waals surface area contributed by atoms with Crippen LogP contribution in [-0.4, -0.2) is 56.5 Å². The van der Waals surface area contributed by atoms with Crippen molar-refractivity contribution in [1.29, 1.82) is 0 Å². The molecule has 0 aliphatic heterocycles. The molecule has 0 aromatic carbocycles. The summed E-state index contributed by atoms with van der Waals surface area (Å²) in [5.74, 6) is 4.50. The van der Waals surface area contributed by atoms with Crippen molar-refractivity contribution in [2.24, 2.45) is 5.84 Å². The van der Waals surface area contributed by atoms with E-state index >= 15 is 0 Å². The normalized spacial score (nSPS) is 11.1. The molecule has 0 saturated heterocycles. The van der Waals surface area contributed by atoms with Crippen molar-refractivity contribution in [3.8, 4) is 0 Å². The van der Waals surface area contributed by atoms with Crippen molar-refractivity contribution in [1.82, 2.24) is 15.4 Å². The Hall–Kier alpha value is -0.690. The van der Waals surface area contributed by atoms with E-state index in [4.69, 9.17) is 5.84 Å². The third-order valence-electron chi connectivity index (χ3n) is 2.02. The first-order valence-electron chi connectivity index (χ1n) is 5.04. The number of nitrogens with one attached hydrogen (secondary N) is 1. The third-order valence-corrected chi connectivity index (χ3v) is 2.02. The van der Waals surface area contributed by atoms with Gasteiger partial charge in [0.05, 0.1) is 6.42 Å². The average molecular weight is 218 g/mol. The Bertz CT molecular complexity index is 175. The molecule has 3 N–H and O–H groups in total. The van der Waals surface area contributed by atoms with Gasteiger partial charge < -0.3 is 14.6 Å². The van der Waals surface area contributed by atoms with Crippen LogP contribution in [0, 0.1) is 0 Å². The summed E-state index contributed by atoms with van der Waals surface area (Å²) in [7, 11) is 6.08. The first-order chi connectivity index (χ1) is 7.06. The zero-order chi connectivity index (χ0) is 11.7. The first kappa shape index (κ1) is 14.3. The van der Waals surface area contributed by atoms with E-state index in [-0.39, 0.29) is 5.97 Å². The van der Waals surface area contributed by atoms with E-state index in [1.165, 1.54) is 0 Å². The minimum atomic E-state index is -0.336. The Morgan fingerprint density at radius 2 is 1.93 bits per heavy atom. The lowest BCUT2D eigenvalue weighted by atomic mass is 10.3. The predicted molar refractivity (Wildman–Crippen MR) is 58.7 cm³/mol. The maximum atomic E-state index is 10.9. The molecule has 0 aliphatic rings.